The van der Waals surface area contributed by atoms with Gasteiger partial charge in [0.05, 0.1) is 39.4 Å². The molecule has 0 N–H and O–H groups in total. The van der Waals surface area contributed by atoms with Gasteiger partial charge in [-0.1, -0.05) is 152 Å². The fraction of sp³-hybridized carbons (Fsp3) is 0.0408. The molecule has 1 aromatic heterocycles. The van der Waals surface area contributed by atoms with Crippen molar-refractivity contribution in [3.05, 3.63) is 210 Å². The molecule has 11 rings (SSSR count). The molecule has 0 unspecified atom stereocenters. The number of aromatic nitrogens is 1. The molecule has 244 valence electrons. The molecule has 0 radical (unpaired) electrons. The van der Waals surface area contributed by atoms with Gasteiger partial charge in [-0.2, -0.15) is 0 Å². The van der Waals surface area contributed by atoms with Crippen LogP contribution in [0.2, 0.25) is 0 Å². The molecule has 3 heteroatoms. The Labute approximate surface area is 302 Å². The quantitative estimate of drug-likeness (QED) is 0.185. The number of carbonyl (C=O) groups is 1. The summed E-state index contributed by atoms with van der Waals surface area (Å²) < 4.78 is 2.47. The molecule has 1 aliphatic carbocycles. The number of hydrogen-bond donors (Lipinski definition) is 0. The monoisotopic (exact) mass is 664 g/mol. The Balaban J connectivity index is 1.34. The predicted octanol–water partition coefficient (Wildman–Crippen LogP) is 11.5. The third-order valence-corrected chi connectivity index (χ3v) is 11.4. The van der Waals surface area contributed by atoms with E-state index >= 15 is 0 Å². The van der Waals surface area contributed by atoms with E-state index in [-0.39, 0.29) is 11.8 Å². The lowest BCUT2D eigenvalue weighted by atomic mass is 9.60. The fourth-order valence-electron chi connectivity index (χ4n) is 9.22. The summed E-state index contributed by atoms with van der Waals surface area (Å²) in [7, 11) is 0. The van der Waals surface area contributed by atoms with Gasteiger partial charge in [0.25, 0.3) is 0 Å². The number of para-hydroxylation sites is 3. The van der Waals surface area contributed by atoms with Crippen molar-refractivity contribution in [3.8, 4) is 27.9 Å². The molecule has 0 fully saturated rings. The van der Waals surface area contributed by atoms with Crippen LogP contribution in [-0.2, 0) is 10.2 Å². The van der Waals surface area contributed by atoms with Crippen LogP contribution < -0.4 is 4.90 Å². The molecular weight excluding hydrogens is 633 g/mol. The summed E-state index contributed by atoms with van der Waals surface area (Å²) in [6, 6.07) is 59.1. The van der Waals surface area contributed by atoms with Crippen LogP contribution >= 0.6 is 0 Å². The van der Waals surface area contributed by atoms with Crippen LogP contribution in [0.25, 0.3) is 49.7 Å². The smallest absolute Gasteiger partial charge is 0.242 e. The van der Waals surface area contributed by atoms with Gasteiger partial charge in [-0.25, -0.2) is 0 Å². The number of allylic oxidation sites excluding steroid dienone is 2. The Bertz CT molecular complexity index is 2720. The van der Waals surface area contributed by atoms with Crippen molar-refractivity contribution >= 4 is 39.1 Å². The molecule has 0 saturated heterocycles. The first-order chi connectivity index (χ1) is 25.7. The van der Waals surface area contributed by atoms with E-state index in [9.17, 15) is 4.79 Å². The number of amides is 1. The molecule has 3 heterocycles. The van der Waals surface area contributed by atoms with Crippen LogP contribution in [-0.4, -0.2) is 10.5 Å². The molecule has 0 saturated carbocycles. The van der Waals surface area contributed by atoms with Crippen LogP contribution in [0.15, 0.2) is 188 Å². The zero-order chi connectivity index (χ0) is 34.4. The zero-order valence-electron chi connectivity index (χ0n) is 28.3. The summed E-state index contributed by atoms with van der Waals surface area (Å²) in [5.41, 5.74) is 13.7. The normalized spacial score (nSPS) is 14.9. The van der Waals surface area contributed by atoms with Crippen LogP contribution in [0, 0.1) is 5.92 Å². The predicted molar refractivity (Wildman–Crippen MR) is 212 cm³/mol. The number of carbonyl (C=O) groups excluding carboxylic acids is 1. The van der Waals surface area contributed by atoms with Crippen molar-refractivity contribution < 1.29 is 4.79 Å². The second-order valence-electron chi connectivity index (χ2n) is 14.0. The lowest BCUT2D eigenvalue weighted by molar-refractivity contribution is -0.119. The third kappa shape index (κ3) is 3.82. The van der Waals surface area contributed by atoms with Gasteiger partial charge in [-0.05, 0) is 80.9 Å². The van der Waals surface area contributed by atoms with Gasteiger partial charge >= 0.3 is 0 Å². The highest BCUT2D eigenvalue weighted by Gasteiger charge is 2.52. The Hall–Kier alpha value is -6.71. The molecule has 3 nitrogen and oxygen atoms in total. The van der Waals surface area contributed by atoms with Crippen molar-refractivity contribution in [3.63, 3.8) is 0 Å². The van der Waals surface area contributed by atoms with Gasteiger partial charge in [-0.3, -0.25) is 9.69 Å². The lowest BCUT2D eigenvalue weighted by Gasteiger charge is -2.48. The van der Waals surface area contributed by atoms with E-state index in [0.29, 0.717) is 0 Å². The summed E-state index contributed by atoms with van der Waals surface area (Å²) in [5.74, 6) is -0.305. The largest absolute Gasteiger partial charge is 0.309 e. The molecule has 1 spiro atoms. The van der Waals surface area contributed by atoms with E-state index in [2.05, 4.69) is 168 Å². The molecule has 1 amide bonds. The number of hydrogen-bond acceptors (Lipinski definition) is 1. The average molecular weight is 665 g/mol. The van der Waals surface area contributed by atoms with Crippen LogP contribution in [0.3, 0.4) is 0 Å². The molecule has 2 aliphatic heterocycles. The minimum atomic E-state index is -0.751. The second kappa shape index (κ2) is 10.9. The van der Waals surface area contributed by atoms with Crippen molar-refractivity contribution in [2.75, 3.05) is 4.90 Å². The fourth-order valence-corrected chi connectivity index (χ4v) is 9.22. The molecular formula is C49H32N2O. The topological polar surface area (TPSA) is 25.2 Å². The minimum absolute atomic E-state index is 0.0405. The van der Waals surface area contributed by atoms with Gasteiger partial charge in [0.1, 0.15) is 0 Å². The summed E-state index contributed by atoms with van der Waals surface area (Å²) in [4.78, 5) is 16.9. The first kappa shape index (κ1) is 29.1. The maximum Gasteiger partial charge on any atom is 0.242 e. The Kier molecular flexibility index (Phi) is 6.09. The van der Waals surface area contributed by atoms with E-state index in [4.69, 9.17) is 0 Å². The Morgan fingerprint density at radius 3 is 1.69 bits per heavy atom. The highest BCUT2D eigenvalue weighted by Crippen LogP contribution is 2.61. The number of nitrogens with zero attached hydrogens (tertiary/aromatic N) is 2. The molecule has 0 bridgehead atoms. The van der Waals surface area contributed by atoms with E-state index in [0.717, 1.165) is 50.4 Å². The van der Waals surface area contributed by atoms with Gasteiger partial charge in [-0.15, -0.1) is 0 Å². The standard InChI is InChI=1S/C49H32N2O/c52-48(34-18-7-8-19-34)51-45-28-26-35(32-14-3-1-4-15-32)30-41(45)49(42-31-36(27-29-46(42)51)33-16-5-2-6-17-33)39-22-10-12-25-44(39)50-43-24-11-9-20-37(43)38-21-13-23-40(49)47(38)50/h1-31,34H. The van der Waals surface area contributed by atoms with Crippen molar-refractivity contribution in [1.29, 1.82) is 0 Å². The SMILES string of the molecule is O=C(C1C=CC=C1)N1c2ccc(-c3ccccc3)cc2C2(c3cc(-c4ccccc4)ccc31)c1ccccc1-n1c3ccccc3c3cccc2c31. The molecule has 7 aromatic carbocycles. The summed E-state index contributed by atoms with van der Waals surface area (Å²) in [5, 5.41) is 2.46. The van der Waals surface area contributed by atoms with E-state index in [1.54, 1.807) is 0 Å². The maximum absolute atomic E-state index is 14.9. The second-order valence-corrected chi connectivity index (χ2v) is 14.0. The van der Waals surface area contributed by atoms with Gasteiger partial charge in [0.2, 0.25) is 5.91 Å². The Morgan fingerprint density at radius 2 is 1.02 bits per heavy atom. The third-order valence-electron chi connectivity index (χ3n) is 11.4. The van der Waals surface area contributed by atoms with E-state index in [1.165, 1.54) is 32.9 Å². The minimum Gasteiger partial charge on any atom is -0.309 e. The molecule has 52 heavy (non-hydrogen) atoms. The van der Waals surface area contributed by atoms with Gasteiger partial charge in [0, 0.05) is 10.8 Å². The number of rotatable bonds is 3. The van der Waals surface area contributed by atoms with Crippen LogP contribution in [0.4, 0.5) is 11.4 Å². The number of benzene rings is 7. The summed E-state index contributed by atoms with van der Waals surface area (Å²) >= 11 is 0. The highest BCUT2D eigenvalue weighted by atomic mass is 16.2. The lowest BCUT2D eigenvalue weighted by Crippen LogP contribution is -2.44. The number of anilines is 2. The van der Waals surface area contributed by atoms with Gasteiger partial charge < -0.3 is 4.57 Å². The van der Waals surface area contributed by atoms with Crippen molar-refractivity contribution in [2.24, 2.45) is 5.92 Å². The molecule has 0 atom stereocenters. The Morgan fingerprint density at radius 1 is 0.462 bits per heavy atom. The zero-order valence-corrected chi connectivity index (χ0v) is 28.3. The van der Waals surface area contributed by atoms with Crippen molar-refractivity contribution in [2.45, 2.75) is 5.41 Å². The first-order valence-corrected chi connectivity index (χ1v) is 17.9. The summed E-state index contributed by atoms with van der Waals surface area (Å²) in [6.45, 7) is 0. The van der Waals surface area contributed by atoms with Crippen molar-refractivity contribution in [1.82, 2.24) is 4.57 Å². The maximum atomic E-state index is 14.9. The average Bonchev–Trinajstić information content (AvgIpc) is 3.88. The van der Waals surface area contributed by atoms with Crippen LogP contribution in [0.1, 0.15) is 22.3 Å². The van der Waals surface area contributed by atoms with Crippen LogP contribution in [0.5, 0.6) is 0 Å². The molecule has 8 aromatic rings. The number of fused-ring (bicyclic) bond motifs is 11. The molecule has 3 aliphatic rings. The first-order valence-electron chi connectivity index (χ1n) is 17.9. The van der Waals surface area contributed by atoms with E-state index < -0.39 is 5.41 Å². The highest BCUT2D eigenvalue weighted by molar-refractivity contribution is 6.14. The van der Waals surface area contributed by atoms with E-state index in [1.807, 2.05) is 29.2 Å². The van der Waals surface area contributed by atoms with Gasteiger partial charge in [0.15, 0.2) is 0 Å². The summed E-state index contributed by atoms with van der Waals surface area (Å²) in [6.07, 6.45) is 7.95.